The number of hydrogen-bond acceptors (Lipinski definition) is 3. The number of carbonyl (C=O) groups excluding carboxylic acids is 1. The van der Waals surface area contributed by atoms with Crippen LogP contribution in [0, 0.1) is 0 Å². The van der Waals surface area contributed by atoms with E-state index in [9.17, 15) is 4.79 Å². The Balaban J connectivity index is 2.32. The summed E-state index contributed by atoms with van der Waals surface area (Å²) in [5, 5.41) is 1.17. The number of amides is 1. The van der Waals surface area contributed by atoms with Gasteiger partial charge in [0.15, 0.2) is 0 Å². The number of para-hydroxylation sites is 1. The Hall–Kier alpha value is -2.59. The zero-order valence-corrected chi connectivity index (χ0v) is 12.6. The molecule has 3 aromatic rings. The molecule has 22 heavy (non-hydrogen) atoms. The maximum Gasteiger partial charge on any atom is 0.249 e. The first-order valence-corrected chi connectivity index (χ1v) is 7.01. The molecule has 2 N–H and O–H groups in total. The molecule has 2 aromatic carbocycles. The number of benzene rings is 2. The highest BCUT2D eigenvalue weighted by atomic mass is 35.5. The Kier molecular flexibility index (Phi) is 3.69. The van der Waals surface area contributed by atoms with E-state index in [0.717, 1.165) is 5.56 Å². The summed E-state index contributed by atoms with van der Waals surface area (Å²) in [6.07, 6.45) is 0. The molecule has 5 heteroatoms. The Morgan fingerprint density at radius 3 is 2.68 bits per heavy atom. The molecular formula is C17H13ClN2O2. The van der Waals surface area contributed by atoms with Gasteiger partial charge in [0.25, 0.3) is 0 Å². The van der Waals surface area contributed by atoms with Crippen LogP contribution >= 0.6 is 11.6 Å². The third-order valence-electron chi connectivity index (χ3n) is 3.42. The highest BCUT2D eigenvalue weighted by molar-refractivity contribution is 6.31. The van der Waals surface area contributed by atoms with Gasteiger partial charge in [-0.2, -0.15) is 0 Å². The number of methoxy groups -OCH3 is 1. The minimum Gasteiger partial charge on any atom is -0.496 e. The first kappa shape index (κ1) is 14.4. The normalized spacial score (nSPS) is 10.6. The number of carbonyl (C=O) groups is 1. The van der Waals surface area contributed by atoms with Crippen LogP contribution in [0.25, 0.3) is 22.2 Å². The maximum atomic E-state index is 11.8. The van der Waals surface area contributed by atoms with E-state index in [1.165, 1.54) is 0 Å². The molecule has 0 bridgehead atoms. The Labute approximate surface area is 132 Å². The molecule has 0 aliphatic rings. The van der Waals surface area contributed by atoms with Gasteiger partial charge < -0.3 is 10.5 Å². The van der Waals surface area contributed by atoms with Crippen LogP contribution in [-0.2, 0) is 0 Å². The Morgan fingerprint density at radius 1 is 1.18 bits per heavy atom. The van der Waals surface area contributed by atoms with Gasteiger partial charge in [-0.3, -0.25) is 4.79 Å². The highest BCUT2D eigenvalue weighted by Gasteiger charge is 2.14. The minimum absolute atomic E-state index is 0.383. The lowest BCUT2D eigenvalue weighted by Crippen LogP contribution is -2.12. The van der Waals surface area contributed by atoms with Crippen molar-refractivity contribution in [3.8, 4) is 17.0 Å². The first-order chi connectivity index (χ1) is 10.6. The van der Waals surface area contributed by atoms with Gasteiger partial charge in [-0.25, -0.2) is 4.98 Å². The number of fused-ring (bicyclic) bond motifs is 1. The van der Waals surface area contributed by atoms with Gasteiger partial charge in [0.1, 0.15) is 5.75 Å². The van der Waals surface area contributed by atoms with Crippen molar-refractivity contribution < 1.29 is 9.53 Å². The topological polar surface area (TPSA) is 65.2 Å². The van der Waals surface area contributed by atoms with Crippen molar-refractivity contribution >= 4 is 28.4 Å². The van der Waals surface area contributed by atoms with E-state index in [1.807, 2.05) is 24.3 Å². The molecule has 1 aromatic heterocycles. The number of rotatable bonds is 3. The molecule has 0 saturated carbocycles. The van der Waals surface area contributed by atoms with Crippen LogP contribution in [0.2, 0.25) is 5.02 Å². The van der Waals surface area contributed by atoms with Crippen molar-refractivity contribution in [1.29, 1.82) is 0 Å². The summed E-state index contributed by atoms with van der Waals surface area (Å²) in [5.74, 6) is 0.157. The molecule has 4 nitrogen and oxygen atoms in total. The van der Waals surface area contributed by atoms with Crippen LogP contribution in [0.15, 0.2) is 48.5 Å². The van der Waals surface area contributed by atoms with E-state index in [-0.39, 0.29) is 0 Å². The van der Waals surface area contributed by atoms with Crippen LogP contribution in [0.1, 0.15) is 10.4 Å². The SMILES string of the molecule is COc1ccccc1-c1cc(C(N)=O)c2cc(Cl)ccc2n1. The van der Waals surface area contributed by atoms with Gasteiger partial charge in [-0.15, -0.1) is 0 Å². The molecule has 0 radical (unpaired) electrons. The molecule has 1 heterocycles. The van der Waals surface area contributed by atoms with Crippen LogP contribution in [0.4, 0.5) is 0 Å². The van der Waals surface area contributed by atoms with Gasteiger partial charge in [0, 0.05) is 16.0 Å². The number of halogens is 1. The van der Waals surface area contributed by atoms with E-state index < -0.39 is 5.91 Å². The van der Waals surface area contributed by atoms with Crippen molar-refractivity contribution in [2.75, 3.05) is 7.11 Å². The molecule has 1 amide bonds. The second kappa shape index (κ2) is 5.66. The average molecular weight is 313 g/mol. The fourth-order valence-electron chi connectivity index (χ4n) is 2.40. The van der Waals surface area contributed by atoms with E-state index in [4.69, 9.17) is 22.1 Å². The molecule has 0 saturated heterocycles. The minimum atomic E-state index is -0.522. The van der Waals surface area contributed by atoms with E-state index in [1.54, 1.807) is 31.4 Å². The lowest BCUT2D eigenvalue weighted by atomic mass is 10.0. The zero-order valence-electron chi connectivity index (χ0n) is 11.8. The average Bonchev–Trinajstić information content (AvgIpc) is 2.53. The summed E-state index contributed by atoms with van der Waals surface area (Å²) in [4.78, 5) is 16.4. The van der Waals surface area contributed by atoms with Crippen LogP contribution in [0.5, 0.6) is 5.75 Å². The monoisotopic (exact) mass is 312 g/mol. The number of ether oxygens (including phenoxy) is 1. The largest absolute Gasteiger partial charge is 0.496 e. The number of hydrogen-bond donors (Lipinski definition) is 1. The first-order valence-electron chi connectivity index (χ1n) is 6.63. The van der Waals surface area contributed by atoms with E-state index in [0.29, 0.717) is 32.9 Å². The summed E-state index contributed by atoms with van der Waals surface area (Å²) in [7, 11) is 1.59. The predicted octanol–water partition coefficient (Wildman–Crippen LogP) is 3.66. The molecule has 0 atom stereocenters. The van der Waals surface area contributed by atoms with E-state index in [2.05, 4.69) is 4.98 Å². The molecule has 0 aliphatic heterocycles. The summed E-state index contributed by atoms with van der Waals surface area (Å²) < 4.78 is 5.35. The number of nitrogens with two attached hydrogens (primary N) is 1. The van der Waals surface area contributed by atoms with Gasteiger partial charge in [0.05, 0.1) is 23.9 Å². The van der Waals surface area contributed by atoms with Crippen LogP contribution in [0.3, 0.4) is 0 Å². The van der Waals surface area contributed by atoms with Gasteiger partial charge in [-0.1, -0.05) is 23.7 Å². The van der Waals surface area contributed by atoms with Crippen molar-refractivity contribution in [2.45, 2.75) is 0 Å². The van der Waals surface area contributed by atoms with Crippen LogP contribution in [-0.4, -0.2) is 18.0 Å². The Bertz CT molecular complexity index is 878. The zero-order chi connectivity index (χ0) is 15.7. The molecule has 0 fully saturated rings. The standard InChI is InChI=1S/C17H13ClN2O2/c1-22-16-5-3-2-4-11(16)15-9-13(17(19)21)12-8-10(18)6-7-14(12)20-15/h2-9H,1H3,(H2,19,21). The summed E-state index contributed by atoms with van der Waals surface area (Å²) >= 11 is 6.00. The second-order valence-electron chi connectivity index (χ2n) is 4.78. The number of nitrogens with zero attached hydrogens (tertiary/aromatic N) is 1. The summed E-state index contributed by atoms with van der Waals surface area (Å²) in [5.41, 5.74) is 7.97. The van der Waals surface area contributed by atoms with Gasteiger partial charge in [0.2, 0.25) is 5.91 Å². The molecule has 3 rings (SSSR count). The fourth-order valence-corrected chi connectivity index (χ4v) is 2.57. The summed E-state index contributed by atoms with van der Waals surface area (Å²) in [6, 6.07) is 14.3. The van der Waals surface area contributed by atoms with Crippen LogP contribution < -0.4 is 10.5 Å². The van der Waals surface area contributed by atoms with Crippen molar-refractivity contribution in [2.24, 2.45) is 5.73 Å². The van der Waals surface area contributed by atoms with Crippen molar-refractivity contribution in [3.05, 3.63) is 59.1 Å². The fraction of sp³-hybridized carbons (Fsp3) is 0.0588. The second-order valence-corrected chi connectivity index (χ2v) is 5.22. The third kappa shape index (κ3) is 2.49. The maximum absolute atomic E-state index is 11.8. The molecule has 0 unspecified atom stereocenters. The third-order valence-corrected chi connectivity index (χ3v) is 3.65. The smallest absolute Gasteiger partial charge is 0.249 e. The van der Waals surface area contributed by atoms with Crippen molar-refractivity contribution in [1.82, 2.24) is 4.98 Å². The van der Waals surface area contributed by atoms with Gasteiger partial charge in [-0.05, 0) is 36.4 Å². The Morgan fingerprint density at radius 2 is 1.95 bits per heavy atom. The quantitative estimate of drug-likeness (QED) is 0.802. The molecule has 0 spiro atoms. The molecule has 0 aliphatic carbocycles. The predicted molar refractivity (Wildman–Crippen MR) is 87.3 cm³/mol. The number of aromatic nitrogens is 1. The van der Waals surface area contributed by atoms with Gasteiger partial charge >= 0.3 is 0 Å². The summed E-state index contributed by atoms with van der Waals surface area (Å²) in [6.45, 7) is 0. The van der Waals surface area contributed by atoms with E-state index >= 15 is 0 Å². The molecular weight excluding hydrogens is 300 g/mol. The lowest BCUT2D eigenvalue weighted by Gasteiger charge is -2.11. The highest BCUT2D eigenvalue weighted by Crippen LogP contribution is 2.31. The number of primary amides is 1. The lowest BCUT2D eigenvalue weighted by molar-refractivity contribution is 0.100. The number of pyridine rings is 1. The molecule has 110 valence electrons. The van der Waals surface area contributed by atoms with Crippen molar-refractivity contribution in [3.63, 3.8) is 0 Å².